The van der Waals surface area contributed by atoms with Gasteiger partial charge < -0.3 is 9.80 Å². The van der Waals surface area contributed by atoms with Crippen molar-refractivity contribution in [2.75, 3.05) is 49.1 Å². The lowest BCUT2D eigenvalue weighted by molar-refractivity contribution is -0.176. The van der Waals surface area contributed by atoms with Gasteiger partial charge in [0.2, 0.25) is 5.95 Å². The Hall–Kier alpha value is -3.47. The highest BCUT2D eigenvalue weighted by atomic mass is 19.4. The van der Waals surface area contributed by atoms with Crippen LogP contribution in [0.3, 0.4) is 0 Å². The molecule has 2 unspecified atom stereocenters. The Morgan fingerprint density at radius 3 is 2.34 bits per heavy atom. The van der Waals surface area contributed by atoms with Crippen molar-refractivity contribution >= 4 is 17.9 Å². The molecule has 11 heteroatoms. The number of nitrogens with zero attached hydrogens (tertiary/aromatic N) is 7. The minimum absolute atomic E-state index is 0.108. The number of alkyl halides is 3. The van der Waals surface area contributed by atoms with Crippen LogP contribution < -0.4 is 9.80 Å². The van der Waals surface area contributed by atoms with E-state index in [2.05, 4.69) is 30.9 Å². The molecule has 2 saturated heterocycles. The third-order valence-electron chi connectivity index (χ3n) is 7.47. The van der Waals surface area contributed by atoms with Crippen LogP contribution >= 0.6 is 0 Å². The lowest BCUT2D eigenvalue weighted by atomic mass is 9.98. The zero-order valence-corrected chi connectivity index (χ0v) is 21.6. The largest absolute Gasteiger partial charge is 0.393 e. The Kier molecular flexibility index (Phi) is 7.38. The van der Waals surface area contributed by atoms with Gasteiger partial charge in [-0.05, 0) is 38.8 Å². The van der Waals surface area contributed by atoms with E-state index in [9.17, 15) is 18.0 Å². The topological polar surface area (TPSA) is 70.4 Å². The van der Waals surface area contributed by atoms with Crippen LogP contribution in [-0.4, -0.2) is 76.4 Å². The highest BCUT2D eigenvalue weighted by Crippen LogP contribution is 2.35. The zero-order valence-electron chi connectivity index (χ0n) is 21.6. The maximum Gasteiger partial charge on any atom is 0.393 e. The van der Waals surface area contributed by atoms with E-state index in [0.29, 0.717) is 32.0 Å². The summed E-state index contributed by atoms with van der Waals surface area (Å²) >= 11 is 0. The van der Waals surface area contributed by atoms with Gasteiger partial charge in [0.15, 0.2) is 12.5 Å². The standard InChI is InChI=1S/C27H32F3N7O/c1-19-14-20(2)37(33-19)25(18-38)35-12-10-34(11-13-35)24-8-4-3-7-23(24)21-15-31-26(32-16-21)36-9-5-6-22(17-36)27(28,29)30/h3-4,7-8,14-16,18,22,25H,5-6,9-13,17H2,1-2H3. The van der Waals surface area contributed by atoms with Crippen LogP contribution in [0.5, 0.6) is 0 Å². The van der Waals surface area contributed by atoms with E-state index in [1.165, 1.54) is 0 Å². The number of para-hydroxylation sites is 1. The highest BCUT2D eigenvalue weighted by molar-refractivity contribution is 5.78. The van der Waals surface area contributed by atoms with Gasteiger partial charge in [0.1, 0.15) is 0 Å². The Bertz CT molecular complexity index is 1250. The number of anilines is 2. The number of aldehydes is 1. The molecule has 0 aliphatic carbocycles. The van der Waals surface area contributed by atoms with Gasteiger partial charge in [-0.1, -0.05) is 18.2 Å². The number of aromatic nitrogens is 4. The number of aryl methyl sites for hydroxylation is 2. The van der Waals surface area contributed by atoms with E-state index >= 15 is 0 Å². The number of hydrogen-bond donors (Lipinski definition) is 0. The quantitative estimate of drug-likeness (QED) is 0.444. The number of halogens is 3. The fraction of sp³-hybridized carbons (Fsp3) is 0.481. The monoisotopic (exact) mass is 527 g/mol. The summed E-state index contributed by atoms with van der Waals surface area (Å²) in [5.41, 5.74) is 4.65. The predicted octanol–water partition coefficient (Wildman–Crippen LogP) is 4.26. The average Bonchev–Trinajstić information content (AvgIpc) is 3.26. The van der Waals surface area contributed by atoms with Crippen LogP contribution in [0.25, 0.3) is 11.1 Å². The summed E-state index contributed by atoms with van der Waals surface area (Å²) in [4.78, 5) is 26.9. The van der Waals surface area contributed by atoms with Crippen LogP contribution in [0.15, 0.2) is 42.7 Å². The second kappa shape index (κ2) is 10.7. The van der Waals surface area contributed by atoms with Crippen LogP contribution in [0, 0.1) is 19.8 Å². The van der Waals surface area contributed by atoms with E-state index in [0.717, 1.165) is 47.6 Å². The van der Waals surface area contributed by atoms with Crippen LogP contribution in [0.1, 0.15) is 30.4 Å². The first kappa shape index (κ1) is 26.1. The number of carbonyl (C=O) groups is 1. The van der Waals surface area contributed by atoms with Crippen molar-refractivity contribution in [3.05, 3.63) is 54.1 Å². The Balaban J connectivity index is 1.29. The molecule has 202 valence electrons. The van der Waals surface area contributed by atoms with Gasteiger partial charge >= 0.3 is 6.18 Å². The number of piperazine rings is 1. The molecule has 5 rings (SSSR count). The predicted molar refractivity (Wildman–Crippen MR) is 139 cm³/mol. The number of hydrogen-bond acceptors (Lipinski definition) is 7. The highest BCUT2D eigenvalue weighted by Gasteiger charge is 2.42. The summed E-state index contributed by atoms with van der Waals surface area (Å²) in [7, 11) is 0. The number of carbonyl (C=O) groups excluding carboxylic acids is 1. The summed E-state index contributed by atoms with van der Waals surface area (Å²) < 4.78 is 41.5. The van der Waals surface area contributed by atoms with E-state index in [4.69, 9.17) is 0 Å². The lowest BCUT2D eigenvalue weighted by Gasteiger charge is -2.39. The van der Waals surface area contributed by atoms with E-state index < -0.39 is 18.3 Å². The zero-order chi connectivity index (χ0) is 26.9. The second-order valence-corrected chi connectivity index (χ2v) is 10.1. The first-order valence-corrected chi connectivity index (χ1v) is 12.9. The minimum atomic E-state index is -4.20. The minimum Gasteiger partial charge on any atom is -0.368 e. The van der Waals surface area contributed by atoms with Gasteiger partial charge in [0, 0.05) is 74.2 Å². The van der Waals surface area contributed by atoms with Crippen molar-refractivity contribution in [1.29, 1.82) is 0 Å². The molecule has 2 fully saturated rings. The third-order valence-corrected chi connectivity index (χ3v) is 7.47. The summed E-state index contributed by atoms with van der Waals surface area (Å²) in [6, 6.07) is 9.96. The van der Waals surface area contributed by atoms with Gasteiger partial charge in [-0.25, -0.2) is 14.6 Å². The Morgan fingerprint density at radius 1 is 1.00 bits per heavy atom. The molecule has 8 nitrogen and oxygen atoms in total. The van der Waals surface area contributed by atoms with Crippen LogP contribution in [-0.2, 0) is 4.79 Å². The fourth-order valence-electron chi connectivity index (χ4n) is 5.48. The molecule has 2 aromatic heterocycles. The van der Waals surface area contributed by atoms with Crippen LogP contribution in [0.2, 0.25) is 0 Å². The van der Waals surface area contributed by atoms with Gasteiger partial charge in [-0.15, -0.1) is 0 Å². The van der Waals surface area contributed by atoms with Crippen molar-refractivity contribution in [3.8, 4) is 11.1 Å². The normalized spacial score (nSPS) is 20.0. The molecule has 0 amide bonds. The molecule has 1 aromatic carbocycles. The summed E-state index contributed by atoms with van der Waals surface area (Å²) in [6.45, 7) is 7.13. The van der Waals surface area contributed by atoms with Crippen molar-refractivity contribution < 1.29 is 18.0 Å². The maximum absolute atomic E-state index is 13.2. The molecule has 4 heterocycles. The summed E-state index contributed by atoms with van der Waals surface area (Å²) in [5, 5.41) is 4.50. The second-order valence-electron chi connectivity index (χ2n) is 10.1. The van der Waals surface area contributed by atoms with Crippen molar-refractivity contribution in [1.82, 2.24) is 24.6 Å². The fourth-order valence-corrected chi connectivity index (χ4v) is 5.48. The number of rotatable bonds is 6. The third kappa shape index (κ3) is 5.38. The molecule has 2 aliphatic heterocycles. The molecule has 38 heavy (non-hydrogen) atoms. The van der Waals surface area contributed by atoms with Gasteiger partial charge in [-0.2, -0.15) is 18.3 Å². The van der Waals surface area contributed by atoms with Crippen molar-refractivity contribution in [2.24, 2.45) is 5.92 Å². The van der Waals surface area contributed by atoms with Gasteiger partial charge in [0.05, 0.1) is 11.6 Å². The van der Waals surface area contributed by atoms with Crippen molar-refractivity contribution in [2.45, 2.75) is 39.0 Å². The maximum atomic E-state index is 13.2. The van der Waals surface area contributed by atoms with E-state index in [1.807, 2.05) is 38.1 Å². The summed E-state index contributed by atoms with van der Waals surface area (Å²) in [5.74, 6) is -1.02. The van der Waals surface area contributed by atoms with Gasteiger partial charge in [0.25, 0.3) is 0 Å². The molecular formula is C27H32F3N7O. The molecule has 0 saturated carbocycles. The molecule has 0 radical (unpaired) electrons. The molecule has 3 aromatic rings. The molecule has 0 spiro atoms. The van der Waals surface area contributed by atoms with Gasteiger partial charge in [-0.3, -0.25) is 9.69 Å². The molecular weight excluding hydrogens is 495 g/mol. The smallest absolute Gasteiger partial charge is 0.368 e. The average molecular weight is 528 g/mol. The lowest BCUT2D eigenvalue weighted by Crippen LogP contribution is -2.49. The van der Waals surface area contributed by atoms with E-state index in [1.54, 1.807) is 22.0 Å². The molecule has 0 bridgehead atoms. The molecule has 2 aliphatic rings. The molecule has 0 N–H and O–H groups in total. The van der Waals surface area contributed by atoms with Crippen molar-refractivity contribution in [3.63, 3.8) is 0 Å². The summed E-state index contributed by atoms with van der Waals surface area (Å²) in [6.07, 6.45) is 0.306. The first-order chi connectivity index (χ1) is 18.2. The van der Waals surface area contributed by atoms with E-state index in [-0.39, 0.29) is 13.0 Å². The Morgan fingerprint density at radius 2 is 1.71 bits per heavy atom. The Labute approximate surface area is 220 Å². The number of benzene rings is 1. The number of piperidine rings is 1. The SMILES string of the molecule is Cc1cc(C)n(C(C=O)N2CCN(c3ccccc3-c3cnc(N4CCCC(C(F)(F)F)C4)nc3)CC2)n1. The van der Waals surface area contributed by atoms with Crippen LogP contribution in [0.4, 0.5) is 24.8 Å². The first-order valence-electron chi connectivity index (χ1n) is 12.9. The molecule has 2 atom stereocenters.